The molecule has 0 bridgehead atoms. The molecule has 0 saturated carbocycles. The average Bonchev–Trinajstić information content (AvgIpc) is 3.32. The van der Waals surface area contributed by atoms with Crippen molar-refractivity contribution in [2.75, 3.05) is 11.9 Å². The van der Waals surface area contributed by atoms with Crippen LogP contribution in [0.15, 0.2) is 60.7 Å². The highest BCUT2D eigenvalue weighted by Crippen LogP contribution is 2.32. The van der Waals surface area contributed by atoms with Gasteiger partial charge in [0.05, 0.1) is 12.3 Å². The molecule has 0 fully saturated rings. The highest BCUT2D eigenvalue weighted by atomic mass is 32.1. The zero-order valence-corrected chi connectivity index (χ0v) is 16.6. The number of H-pyrrole nitrogens is 1. The molecular formula is C22H19N3O3S. The second kappa shape index (κ2) is 8.28. The number of esters is 1. The van der Waals surface area contributed by atoms with Gasteiger partial charge in [0.15, 0.2) is 5.13 Å². The average molecular weight is 405 g/mol. The minimum Gasteiger partial charge on any atom is -0.465 e. The summed E-state index contributed by atoms with van der Waals surface area (Å²) in [6.07, 6.45) is 0.531. The molecule has 2 N–H and O–H groups in total. The maximum Gasteiger partial charge on any atom is 0.302 e. The SMILES string of the molecule is CC(=O)OCCc1sc(NC(=O)c2cc3ccccc3[nH]2)nc1-c1ccccc1. The molecule has 2 heterocycles. The third-order valence-corrected chi connectivity index (χ3v) is 5.40. The van der Waals surface area contributed by atoms with Gasteiger partial charge in [-0.15, -0.1) is 11.3 Å². The van der Waals surface area contributed by atoms with Crippen LogP contribution in [0.1, 0.15) is 22.3 Å². The van der Waals surface area contributed by atoms with Crippen LogP contribution in [0.4, 0.5) is 5.13 Å². The van der Waals surface area contributed by atoms with Gasteiger partial charge in [0, 0.05) is 34.7 Å². The van der Waals surface area contributed by atoms with Crippen LogP contribution >= 0.6 is 11.3 Å². The lowest BCUT2D eigenvalue weighted by Crippen LogP contribution is -2.11. The highest BCUT2D eigenvalue weighted by molar-refractivity contribution is 7.16. The number of benzene rings is 2. The first-order valence-electron chi connectivity index (χ1n) is 9.18. The number of aromatic nitrogens is 2. The smallest absolute Gasteiger partial charge is 0.302 e. The number of aromatic amines is 1. The number of ether oxygens (including phenoxy) is 1. The van der Waals surface area contributed by atoms with E-state index in [1.807, 2.05) is 60.7 Å². The summed E-state index contributed by atoms with van der Waals surface area (Å²) in [4.78, 5) is 32.5. The van der Waals surface area contributed by atoms with E-state index in [0.717, 1.165) is 27.0 Å². The van der Waals surface area contributed by atoms with Gasteiger partial charge < -0.3 is 9.72 Å². The Kier molecular flexibility index (Phi) is 5.39. The Morgan fingerprint density at radius 3 is 2.62 bits per heavy atom. The van der Waals surface area contributed by atoms with E-state index in [4.69, 9.17) is 4.74 Å². The van der Waals surface area contributed by atoms with Gasteiger partial charge in [0.25, 0.3) is 5.91 Å². The van der Waals surface area contributed by atoms with Crippen molar-refractivity contribution in [3.05, 3.63) is 71.2 Å². The van der Waals surface area contributed by atoms with Crippen LogP contribution < -0.4 is 5.32 Å². The van der Waals surface area contributed by atoms with Gasteiger partial charge in [-0.3, -0.25) is 14.9 Å². The topological polar surface area (TPSA) is 84.1 Å². The third-order valence-electron chi connectivity index (χ3n) is 4.37. The van der Waals surface area contributed by atoms with Gasteiger partial charge in [-0.1, -0.05) is 48.5 Å². The molecule has 4 rings (SSSR count). The molecule has 4 aromatic rings. The molecule has 0 atom stereocenters. The summed E-state index contributed by atoms with van der Waals surface area (Å²) in [5, 5.41) is 4.36. The minimum absolute atomic E-state index is 0.249. The standard InChI is InChI=1S/C22H19N3O3S/c1-14(26)28-12-11-19-20(15-7-3-2-4-8-15)24-22(29-19)25-21(27)18-13-16-9-5-6-10-17(16)23-18/h2-10,13,23H,11-12H2,1H3,(H,24,25,27). The first-order valence-corrected chi connectivity index (χ1v) is 9.99. The van der Waals surface area contributed by atoms with Crippen molar-refractivity contribution in [2.24, 2.45) is 0 Å². The van der Waals surface area contributed by atoms with Crippen molar-refractivity contribution < 1.29 is 14.3 Å². The number of thiazole rings is 1. The fraction of sp³-hybridized carbons (Fsp3) is 0.136. The summed E-state index contributed by atoms with van der Waals surface area (Å²) in [7, 11) is 0. The Bertz CT molecular complexity index is 1130. The molecule has 0 aliphatic carbocycles. The van der Waals surface area contributed by atoms with Crippen LogP contribution in [0.3, 0.4) is 0 Å². The van der Waals surface area contributed by atoms with E-state index in [1.54, 1.807) is 0 Å². The molecule has 2 aromatic heterocycles. The van der Waals surface area contributed by atoms with E-state index in [2.05, 4.69) is 15.3 Å². The Balaban J connectivity index is 1.58. The van der Waals surface area contributed by atoms with E-state index in [9.17, 15) is 9.59 Å². The number of carbonyl (C=O) groups is 2. The van der Waals surface area contributed by atoms with E-state index >= 15 is 0 Å². The lowest BCUT2D eigenvalue weighted by atomic mass is 10.1. The van der Waals surface area contributed by atoms with E-state index < -0.39 is 0 Å². The summed E-state index contributed by atoms with van der Waals surface area (Å²) in [5.41, 5.74) is 3.12. The van der Waals surface area contributed by atoms with Gasteiger partial charge in [-0.05, 0) is 12.1 Å². The second-order valence-electron chi connectivity index (χ2n) is 6.47. The van der Waals surface area contributed by atoms with E-state index in [-0.39, 0.29) is 18.5 Å². The molecule has 6 nitrogen and oxygen atoms in total. The Labute approximate surface area is 171 Å². The van der Waals surface area contributed by atoms with E-state index in [1.165, 1.54) is 18.3 Å². The lowest BCUT2D eigenvalue weighted by molar-refractivity contribution is -0.140. The number of carbonyl (C=O) groups excluding carboxylic acids is 2. The third kappa shape index (κ3) is 4.35. The summed E-state index contributed by atoms with van der Waals surface area (Å²) >= 11 is 1.39. The minimum atomic E-state index is -0.317. The number of para-hydroxylation sites is 1. The van der Waals surface area contributed by atoms with Crippen molar-refractivity contribution in [2.45, 2.75) is 13.3 Å². The largest absolute Gasteiger partial charge is 0.465 e. The number of hydrogen-bond acceptors (Lipinski definition) is 5. The quantitative estimate of drug-likeness (QED) is 0.457. The summed E-state index contributed by atoms with van der Waals surface area (Å²) < 4.78 is 5.08. The van der Waals surface area contributed by atoms with Crippen LogP contribution in [-0.2, 0) is 16.0 Å². The summed E-state index contributed by atoms with van der Waals surface area (Å²) in [6, 6.07) is 19.3. The number of fused-ring (bicyclic) bond motifs is 1. The molecule has 7 heteroatoms. The Hall–Kier alpha value is -3.45. The van der Waals surface area contributed by atoms with Crippen LogP contribution in [0.25, 0.3) is 22.2 Å². The number of nitrogens with one attached hydrogen (secondary N) is 2. The first-order chi connectivity index (χ1) is 14.1. The maximum absolute atomic E-state index is 12.7. The van der Waals surface area contributed by atoms with Crippen LogP contribution in [0, 0.1) is 0 Å². The van der Waals surface area contributed by atoms with E-state index in [0.29, 0.717) is 17.2 Å². The number of rotatable bonds is 6. The molecule has 1 amide bonds. The molecule has 0 aliphatic heterocycles. The molecule has 0 aliphatic rings. The molecule has 0 saturated heterocycles. The van der Waals surface area contributed by atoms with Crippen LogP contribution in [0.5, 0.6) is 0 Å². The van der Waals surface area contributed by atoms with Crippen molar-refractivity contribution in [3.63, 3.8) is 0 Å². The molecule has 0 radical (unpaired) electrons. The molecular weight excluding hydrogens is 386 g/mol. The predicted molar refractivity (Wildman–Crippen MR) is 114 cm³/mol. The van der Waals surface area contributed by atoms with Crippen LogP contribution in [-0.4, -0.2) is 28.5 Å². The van der Waals surface area contributed by atoms with Gasteiger partial charge in [0.1, 0.15) is 5.69 Å². The molecule has 0 unspecified atom stereocenters. The van der Waals surface area contributed by atoms with Gasteiger partial charge >= 0.3 is 5.97 Å². The lowest BCUT2D eigenvalue weighted by Gasteiger charge is -2.02. The predicted octanol–water partition coefficient (Wildman–Crippen LogP) is 4.65. The fourth-order valence-corrected chi connectivity index (χ4v) is 4.00. The van der Waals surface area contributed by atoms with Crippen molar-refractivity contribution in [3.8, 4) is 11.3 Å². The highest BCUT2D eigenvalue weighted by Gasteiger charge is 2.17. The number of hydrogen-bond donors (Lipinski definition) is 2. The molecule has 2 aromatic carbocycles. The Morgan fingerprint density at radius 2 is 1.86 bits per heavy atom. The van der Waals surface area contributed by atoms with Gasteiger partial charge in [-0.2, -0.15) is 0 Å². The first kappa shape index (κ1) is 18.9. The Morgan fingerprint density at radius 1 is 1.10 bits per heavy atom. The second-order valence-corrected chi connectivity index (χ2v) is 7.55. The monoisotopic (exact) mass is 405 g/mol. The number of nitrogens with zero attached hydrogens (tertiary/aromatic N) is 1. The van der Waals surface area contributed by atoms with Gasteiger partial charge in [-0.25, -0.2) is 4.98 Å². The van der Waals surface area contributed by atoms with Crippen LogP contribution in [0.2, 0.25) is 0 Å². The zero-order valence-electron chi connectivity index (χ0n) is 15.8. The van der Waals surface area contributed by atoms with Crippen molar-refractivity contribution in [1.82, 2.24) is 9.97 Å². The maximum atomic E-state index is 12.7. The zero-order chi connectivity index (χ0) is 20.2. The van der Waals surface area contributed by atoms with Crippen molar-refractivity contribution in [1.29, 1.82) is 0 Å². The number of anilines is 1. The number of amides is 1. The normalized spacial score (nSPS) is 10.8. The molecule has 0 spiro atoms. The molecule has 29 heavy (non-hydrogen) atoms. The fourth-order valence-electron chi connectivity index (χ4n) is 3.04. The summed E-state index contributed by atoms with van der Waals surface area (Å²) in [6.45, 7) is 1.66. The van der Waals surface area contributed by atoms with Crippen molar-refractivity contribution >= 4 is 39.2 Å². The summed E-state index contributed by atoms with van der Waals surface area (Å²) in [5.74, 6) is -0.566. The molecule has 146 valence electrons. The van der Waals surface area contributed by atoms with Gasteiger partial charge in [0.2, 0.25) is 0 Å².